The van der Waals surface area contributed by atoms with Crippen LogP contribution in [0.15, 0.2) is 28.7 Å². The summed E-state index contributed by atoms with van der Waals surface area (Å²) in [6.45, 7) is 3.85. The second-order valence-corrected chi connectivity index (χ2v) is 4.41. The van der Waals surface area contributed by atoms with Gasteiger partial charge < -0.3 is 14.3 Å². The molecule has 0 unspecified atom stereocenters. The molecule has 0 atom stereocenters. The number of aryl methyl sites for hydroxylation is 2. The van der Waals surface area contributed by atoms with Gasteiger partial charge >= 0.3 is 5.97 Å². The minimum Gasteiger partial charge on any atom is -0.485 e. The minimum absolute atomic E-state index is 0.114. The molecule has 0 aliphatic carbocycles. The van der Waals surface area contributed by atoms with Crippen LogP contribution in [0.4, 0.5) is 0 Å². The van der Waals surface area contributed by atoms with E-state index in [-0.39, 0.29) is 12.4 Å². The summed E-state index contributed by atoms with van der Waals surface area (Å²) in [5.41, 5.74) is 2.29. The first-order valence-corrected chi connectivity index (χ1v) is 5.97. The number of nitrogens with zero attached hydrogens (tertiary/aromatic N) is 1. The van der Waals surface area contributed by atoms with E-state index in [4.69, 9.17) is 19.5 Å². The second kappa shape index (κ2) is 5.49. The molecule has 20 heavy (non-hydrogen) atoms. The monoisotopic (exact) mass is 271 g/mol. The first-order chi connectivity index (χ1) is 9.51. The molecule has 5 heteroatoms. The van der Waals surface area contributed by atoms with Crippen molar-refractivity contribution in [3.05, 3.63) is 52.5 Å². The number of rotatable bonds is 4. The van der Waals surface area contributed by atoms with Crippen LogP contribution in [0.5, 0.6) is 5.75 Å². The lowest BCUT2D eigenvalue weighted by Crippen LogP contribution is -1.99. The third-order valence-corrected chi connectivity index (χ3v) is 2.82. The van der Waals surface area contributed by atoms with Gasteiger partial charge in [0.25, 0.3) is 0 Å². The summed E-state index contributed by atoms with van der Waals surface area (Å²) in [4.78, 5) is 10.7. The van der Waals surface area contributed by atoms with E-state index in [0.29, 0.717) is 17.1 Å². The maximum absolute atomic E-state index is 10.7. The van der Waals surface area contributed by atoms with E-state index in [1.807, 2.05) is 13.8 Å². The van der Waals surface area contributed by atoms with E-state index in [9.17, 15) is 4.79 Å². The molecular weight excluding hydrogens is 258 g/mol. The number of hydrogen-bond donors (Lipinski definition) is 1. The lowest BCUT2D eigenvalue weighted by molar-refractivity contribution is 0.0658. The van der Waals surface area contributed by atoms with Crippen LogP contribution in [-0.4, -0.2) is 11.1 Å². The quantitative estimate of drug-likeness (QED) is 0.923. The molecule has 0 saturated carbocycles. The molecule has 0 fully saturated rings. The zero-order chi connectivity index (χ0) is 14.7. The molecule has 1 aromatic carbocycles. The van der Waals surface area contributed by atoms with Gasteiger partial charge in [-0.15, -0.1) is 0 Å². The van der Waals surface area contributed by atoms with Gasteiger partial charge in [0, 0.05) is 0 Å². The van der Waals surface area contributed by atoms with Crippen LogP contribution in [0.2, 0.25) is 0 Å². The Bertz CT molecular complexity index is 671. The first-order valence-electron chi connectivity index (χ1n) is 5.97. The minimum atomic E-state index is -1.11. The van der Waals surface area contributed by atoms with E-state index >= 15 is 0 Å². The molecule has 0 bridgehead atoms. The molecule has 5 nitrogen and oxygen atoms in total. The number of carboxylic acids is 1. The maximum atomic E-state index is 10.7. The van der Waals surface area contributed by atoms with Gasteiger partial charge in [0.05, 0.1) is 11.6 Å². The van der Waals surface area contributed by atoms with E-state index in [0.717, 1.165) is 11.1 Å². The maximum Gasteiger partial charge on any atom is 0.371 e. The van der Waals surface area contributed by atoms with Crippen molar-refractivity contribution in [2.24, 2.45) is 0 Å². The van der Waals surface area contributed by atoms with E-state index in [1.54, 1.807) is 18.2 Å². The van der Waals surface area contributed by atoms with Crippen LogP contribution in [0.3, 0.4) is 0 Å². The summed E-state index contributed by atoms with van der Waals surface area (Å²) in [6.07, 6.45) is 0. The lowest BCUT2D eigenvalue weighted by atomic mass is 10.1. The van der Waals surface area contributed by atoms with Crippen molar-refractivity contribution in [2.45, 2.75) is 20.5 Å². The summed E-state index contributed by atoms with van der Waals surface area (Å²) in [7, 11) is 0. The summed E-state index contributed by atoms with van der Waals surface area (Å²) < 4.78 is 10.8. The Morgan fingerprint density at radius 3 is 2.50 bits per heavy atom. The highest BCUT2D eigenvalue weighted by Crippen LogP contribution is 2.25. The average molecular weight is 271 g/mol. The van der Waals surface area contributed by atoms with Crippen molar-refractivity contribution < 1.29 is 19.1 Å². The molecule has 1 aromatic heterocycles. The molecule has 0 aliphatic heterocycles. The number of nitriles is 1. The molecule has 1 N–H and O–H groups in total. The van der Waals surface area contributed by atoms with Crippen molar-refractivity contribution in [1.29, 1.82) is 5.26 Å². The Kier molecular flexibility index (Phi) is 3.76. The van der Waals surface area contributed by atoms with Crippen LogP contribution < -0.4 is 4.74 Å². The molecule has 102 valence electrons. The van der Waals surface area contributed by atoms with Gasteiger partial charge in [-0.25, -0.2) is 4.79 Å². The van der Waals surface area contributed by atoms with Gasteiger partial charge in [-0.1, -0.05) is 0 Å². The normalized spacial score (nSPS) is 10.1. The lowest BCUT2D eigenvalue weighted by Gasteiger charge is -2.11. The SMILES string of the molecule is Cc1cc(C#N)cc(C)c1OCc1ccc(C(=O)O)o1. The fourth-order valence-electron chi connectivity index (χ4n) is 1.96. The molecule has 0 aliphatic rings. The molecule has 0 saturated heterocycles. The molecule has 0 amide bonds. The molecular formula is C15H13NO4. The predicted molar refractivity (Wildman–Crippen MR) is 70.6 cm³/mol. The Hall–Kier alpha value is -2.74. The number of ether oxygens (including phenoxy) is 1. The van der Waals surface area contributed by atoms with Crippen molar-refractivity contribution >= 4 is 5.97 Å². The molecule has 2 rings (SSSR count). The van der Waals surface area contributed by atoms with Crippen molar-refractivity contribution in [3.63, 3.8) is 0 Å². The van der Waals surface area contributed by atoms with Crippen LogP contribution >= 0.6 is 0 Å². The van der Waals surface area contributed by atoms with Gasteiger partial charge in [0.15, 0.2) is 0 Å². The van der Waals surface area contributed by atoms with Crippen LogP contribution in [0.25, 0.3) is 0 Å². The van der Waals surface area contributed by atoms with Gasteiger partial charge in [-0.05, 0) is 49.2 Å². The van der Waals surface area contributed by atoms with Gasteiger partial charge in [-0.2, -0.15) is 5.26 Å². The summed E-state index contributed by atoms with van der Waals surface area (Å²) in [5, 5.41) is 17.6. The van der Waals surface area contributed by atoms with Gasteiger partial charge in [0.2, 0.25) is 5.76 Å². The first kappa shape index (κ1) is 13.7. The highest BCUT2D eigenvalue weighted by atomic mass is 16.5. The summed E-state index contributed by atoms with van der Waals surface area (Å²) >= 11 is 0. The zero-order valence-electron chi connectivity index (χ0n) is 11.1. The fraction of sp³-hybridized carbons (Fsp3) is 0.200. The highest BCUT2D eigenvalue weighted by molar-refractivity contribution is 5.84. The van der Waals surface area contributed by atoms with Crippen molar-refractivity contribution in [2.75, 3.05) is 0 Å². The number of hydrogen-bond acceptors (Lipinski definition) is 4. The van der Waals surface area contributed by atoms with E-state index < -0.39 is 5.97 Å². The van der Waals surface area contributed by atoms with Gasteiger partial charge in [0.1, 0.15) is 18.1 Å². The Morgan fingerprint density at radius 1 is 1.35 bits per heavy atom. The zero-order valence-corrected chi connectivity index (χ0v) is 11.1. The second-order valence-electron chi connectivity index (χ2n) is 4.41. The van der Waals surface area contributed by atoms with Gasteiger partial charge in [-0.3, -0.25) is 0 Å². The van der Waals surface area contributed by atoms with E-state index in [2.05, 4.69) is 6.07 Å². The number of furan rings is 1. The third kappa shape index (κ3) is 2.81. The van der Waals surface area contributed by atoms with E-state index in [1.165, 1.54) is 6.07 Å². The number of carboxylic acid groups (broad SMARTS) is 1. The summed E-state index contributed by atoms with van der Waals surface area (Å²) in [5.74, 6) is -0.110. The number of benzene rings is 1. The smallest absolute Gasteiger partial charge is 0.371 e. The molecule has 0 radical (unpaired) electrons. The number of carbonyl (C=O) groups is 1. The number of aromatic carboxylic acids is 1. The Balaban J connectivity index is 2.14. The third-order valence-electron chi connectivity index (χ3n) is 2.82. The fourth-order valence-corrected chi connectivity index (χ4v) is 1.96. The Morgan fingerprint density at radius 2 is 2.00 bits per heavy atom. The van der Waals surface area contributed by atoms with Crippen molar-refractivity contribution in [3.8, 4) is 11.8 Å². The standard InChI is InChI=1S/C15H13NO4/c1-9-5-11(7-16)6-10(2)14(9)19-8-12-3-4-13(20-12)15(17)18/h3-6H,8H2,1-2H3,(H,17,18). The highest BCUT2D eigenvalue weighted by Gasteiger charge is 2.11. The van der Waals surface area contributed by atoms with Crippen LogP contribution in [-0.2, 0) is 6.61 Å². The molecule has 1 heterocycles. The largest absolute Gasteiger partial charge is 0.485 e. The molecule has 0 spiro atoms. The van der Waals surface area contributed by atoms with Crippen molar-refractivity contribution in [1.82, 2.24) is 0 Å². The topological polar surface area (TPSA) is 83.5 Å². The molecule has 2 aromatic rings. The van der Waals surface area contributed by atoms with Crippen LogP contribution in [0, 0.1) is 25.2 Å². The van der Waals surface area contributed by atoms with Crippen LogP contribution in [0.1, 0.15) is 33.0 Å². The predicted octanol–water partition coefficient (Wildman–Crippen LogP) is 3.05. The average Bonchev–Trinajstić information content (AvgIpc) is 2.86. The Labute approximate surface area is 116 Å². The summed E-state index contributed by atoms with van der Waals surface area (Å²) in [6, 6.07) is 8.53.